The summed E-state index contributed by atoms with van der Waals surface area (Å²) in [4.78, 5) is 20.2. The van der Waals surface area contributed by atoms with Gasteiger partial charge in [0.05, 0.1) is 0 Å². The highest BCUT2D eigenvalue weighted by Gasteiger charge is 2.22. The fourth-order valence-corrected chi connectivity index (χ4v) is 1.90. The number of rotatable bonds is 9. The molecule has 0 unspecified atom stereocenters. The van der Waals surface area contributed by atoms with E-state index in [9.17, 15) is 4.79 Å². The lowest BCUT2D eigenvalue weighted by Crippen LogP contribution is -2.25. The number of hydrogen-bond donors (Lipinski definition) is 3. The van der Waals surface area contributed by atoms with Crippen LogP contribution in [0.2, 0.25) is 0 Å². The maximum Gasteiger partial charge on any atom is 0.220 e. The van der Waals surface area contributed by atoms with Gasteiger partial charge in [-0.2, -0.15) is 0 Å². The van der Waals surface area contributed by atoms with Gasteiger partial charge in [-0.15, -0.1) is 0 Å². The number of nitrogens with zero attached hydrogens (tertiary/aromatic N) is 2. The molecule has 1 amide bonds. The molecule has 2 rings (SSSR count). The van der Waals surface area contributed by atoms with Gasteiger partial charge >= 0.3 is 0 Å². The van der Waals surface area contributed by atoms with Crippen LogP contribution >= 0.6 is 0 Å². The lowest BCUT2D eigenvalue weighted by atomic mass is 10.3. The van der Waals surface area contributed by atoms with Gasteiger partial charge in [-0.05, 0) is 19.3 Å². The average Bonchev–Trinajstić information content (AvgIpc) is 3.27. The first-order valence-corrected chi connectivity index (χ1v) is 7.29. The van der Waals surface area contributed by atoms with Crippen molar-refractivity contribution in [1.29, 1.82) is 0 Å². The number of hydrogen-bond acceptors (Lipinski definition) is 6. The average molecular weight is 293 g/mol. The zero-order chi connectivity index (χ0) is 15.1. The van der Waals surface area contributed by atoms with E-state index < -0.39 is 0 Å². The number of aromatic nitrogens is 2. The number of carbonyl (C=O) groups is 1. The number of nitrogens with one attached hydrogen (secondary N) is 3. The van der Waals surface area contributed by atoms with Crippen LogP contribution < -0.4 is 16.0 Å². The molecular formula is C14H23N5O2. The second-order valence-corrected chi connectivity index (χ2v) is 5.11. The molecule has 0 radical (unpaired) electrons. The number of methoxy groups -OCH3 is 1. The van der Waals surface area contributed by atoms with Crippen molar-refractivity contribution in [3.05, 3.63) is 11.9 Å². The molecule has 7 nitrogen and oxygen atoms in total. The fraction of sp³-hybridized carbons (Fsp3) is 0.643. The zero-order valence-corrected chi connectivity index (χ0v) is 12.6. The van der Waals surface area contributed by atoms with Gasteiger partial charge in [0, 0.05) is 39.2 Å². The molecule has 116 valence electrons. The van der Waals surface area contributed by atoms with Gasteiger partial charge in [0.25, 0.3) is 0 Å². The van der Waals surface area contributed by atoms with Crippen LogP contribution in [-0.2, 0) is 16.1 Å². The molecule has 0 aromatic carbocycles. The molecule has 21 heavy (non-hydrogen) atoms. The van der Waals surface area contributed by atoms with Gasteiger partial charge in [-0.3, -0.25) is 4.79 Å². The molecule has 1 fully saturated rings. The second kappa shape index (κ2) is 7.78. The van der Waals surface area contributed by atoms with E-state index in [2.05, 4.69) is 25.9 Å². The third kappa shape index (κ3) is 5.55. The van der Waals surface area contributed by atoms with E-state index in [1.54, 1.807) is 7.11 Å². The Morgan fingerprint density at radius 1 is 1.38 bits per heavy atom. The van der Waals surface area contributed by atoms with Gasteiger partial charge in [0.15, 0.2) is 5.82 Å². The lowest BCUT2D eigenvalue weighted by molar-refractivity contribution is -0.121. The van der Waals surface area contributed by atoms with Crippen LogP contribution in [0.25, 0.3) is 0 Å². The minimum absolute atomic E-state index is 0.137. The van der Waals surface area contributed by atoms with E-state index in [4.69, 9.17) is 4.74 Å². The standard InChI is InChI=1S/C14H23N5O2/c1-15-11-8-12(19-13(18-11)9-21-2)16-7-3-4-14(20)17-10-5-6-10/h8,10H,3-7,9H2,1-2H3,(H,17,20)(H2,15,16,18,19). The highest BCUT2D eigenvalue weighted by Crippen LogP contribution is 2.18. The molecular weight excluding hydrogens is 270 g/mol. The molecule has 0 bridgehead atoms. The van der Waals surface area contributed by atoms with Gasteiger partial charge < -0.3 is 20.7 Å². The van der Waals surface area contributed by atoms with Crippen molar-refractivity contribution >= 4 is 17.5 Å². The normalized spacial score (nSPS) is 13.8. The Hall–Kier alpha value is -1.89. The summed E-state index contributed by atoms with van der Waals surface area (Å²) in [6, 6.07) is 2.27. The summed E-state index contributed by atoms with van der Waals surface area (Å²) in [7, 11) is 3.42. The Morgan fingerprint density at radius 3 is 2.81 bits per heavy atom. The largest absolute Gasteiger partial charge is 0.377 e. The lowest BCUT2D eigenvalue weighted by Gasteiger charge is -2.09. The van der Waals surface area contributed by atoms with E-state index >= 15 is 0 Å². The SMILES string of the molecule is CNc1cc(NCCCC(=O)NC2CC2)nc(COC)n1. The molecule has 1 aliphatic rings. The highest BCUT2D eigenvalue weighted by molar-refractivity contribution is 5.76. The molecule has 7 heteroatoms. The van der Waals surface area contributed by atoms with Crippen LogP contribution in [-0.4, -0.2) is 42.6 Å². The Morgan fingerprint density at radius 2 is 2.14 bits per heavy atom. The maximum atomic E-state index is 11.6. The third-order valence-corrected chi connectivity index (χ3v) is 3.13. The predicted octanol–water partition coefficient (Wildman–Crippen LogP) is 1.14. The Balaban J connectivity index is 1.75. The number of amides is 1. The Kier molecular flexibility index (Phi) is 5.74. The van der Waals surface area contributed by atoms with Crippen LogP contribution in [0, 0.1) is 0 Å². The predicted molar refractivity (Wildman–Crippen MR) is 81.2 cm³/mol. The summed E-state index contributed by atoms with van der Waals surface area (Å²) in [5.74, 6) is 2.24. The van der Waals surface area contributed by atoms with E-state index in [0.717, 1.165) is 30.9 Å². The Bertz CT molecular complexity index is 476. The van der Waals surface area contributed by atoms with Gasteiger partial charge in [0.2, 0.25) is 5.91 Å². The molecule has 0 aliphatic heterocycles. The van der Waals surface area contributed by atoms with E-state index in [1.807, 2.05) is 13.1 Å². The van der Waals surface area contributed by atoms with Crippen LogP contribution in [0.15, 0.2) is 6.07 Å². The molecule has 0 atom stereocenters. The van der Waals surface area contributed by atoms with Crippen molar-refractivity contribution in [3.8, 4) is 0 Å². The maximum absolute atomic E-state index is 11.6. The van der Waals surface area contributed by atoms with Crippen molar-refractivity contribution in [3.63, 3.8) is 0 Å². The fourth-order valence-electron chi connectivity index (χ4n) is 1.90. The van der Waals surface area contributed by atoms with E-state index in [-0.39, 0.29) is 5.91 Å². The molecule has 3 N–H and O–H groups in total. The van der Waals surface area contributed by atoms with Crippen LogP contribution in [0.1, 0.15) is 31.5 Å². The first kappa shape index (κ1) is 15.5. The molecule has 0 spiro atoms. The van der Waals surface area contributed by atoms with Crippen molar-refractivity contribution in [1.82, 2.24) is 15.3 Å². The van der Waals surface area contributed by atoms with Crippen LogP contribution in [0.4, 0.5) is 11.6 Å². The smallest absolute Gasteiger partial charge is 0.220 e. The van der Waals surface area contributed by atoms with Crippen LogP contribution in [0.5, 0.6) is 0 Å². The first-order chi connectivity index (χ1) is 10.2. The van der Waals surface area contributed by atoms with Gasteiger partial charge in [-0.25, -0.2) is 9.97 Å². The summed E-state index contributed by atoms with van der Waals surface area (Å²) in [6.45, 7) is 1.07. The van der Waals surface area contributed by atoms with E-state index in [1.165, 1.54) is 0 Å². The zero-order valence-electron chi connectivity index (χ0n) is 12.6. The quantitative estimate of drug-likeness (QED) is 0.592. The number of anilines is 2. The molecule has 1 heterocycles. The van der Waals surface area contributed by atoms with Crippen molar-refractivity contribution < 1.29 is 9.53 Å². The third-order valence-electron chi connectivity index (χ3n) is 3.13. The summed E-state index contributed by atoms with van der Waals surface area (Å²) in [5.41, 5.74) is 0. The number of ether oxygens (including phenoxy) is 1. The molecule has 1 saturated carbocycles. The van der Waals surface area contributed by atoms with Gasteiger partial charge in [-0.1, -0.05) is 0 Å². The summed E-state index contributed by atoms with van der Waals surface area (Å²) in [6.07, 6.45) is 3.56. The summed E-state index contributed by atoms with van der Waals surface area (Å²) in [5, 5.41) is 9.19. The van der Waals surface area contributed by atoms with Crippen molar-refractivity contribution in [2.75, 3.05) is 31.3 Å². The topological polar surface area (TPSA) is 88.2 Å². The second-order valence-electron chi connectivity index (χ2n) is 5.11. The highest BCUT2D eigenvalue weighted by atomic mass is 16.5. The number of carbonyl (C=O) groups excluding carboxylic acids is 1. The molecule has 1 aromatic rings. The van der Waals surface area contributed by atoms with Crippen LogP contribution in [0.3, 0.4) is 0 Å². The van der Waals surface area contributed by atoms with Crippen molar-refractivity contribution in [2.45, 2.75) is 38.3 Å². The summed E-state index contributed by atoms with van der Waals surface area (Å²) < 4.78 is 5.05. The van der Waals surface area contributed by atoms with Gasteiger partial charge in [0.1, 0.15) is 18.2 Å². The van der Waals surface area contributed by atoms with Crippen molar-refractivity contribution in [2.24, 2.45) is 0 Å². The molecule has 1 aromatic heterocycles. The molecule has 1 aliphatic carbocycles. The minimum Gasteiger partial charge on any atom is -0.377 e. The first-order valence-electron chi connectivity index (χ1n) is 7.29. The summed E-state index contributed by atoms with van der Waals surface area (Å²) >= 11 is 0. The Labute approximate surface area is 124 Å². The molecule has 0 saturated heterocycles. The van der Waals surface area contributed by atoms with E-state index in [0.29, 0.717) is 31.4 Å². The minimum atomic E-state index is 0.137. The monoisotopic (exact) mass is 293 g/mol.